The van der Waals surface area contributed by atoms with Crippen LogP contribution in [0.25, 0.3) is 0 Å². The maximum absolute atomic E-state index is 13.8. The number of carbonyl (C=O) groups excluding carboxylic acids is 2. The summed E-state index contributed by atoms with van der Waals surface area (Å²) in [6, 6.07) is 19.3. The molecule has 1 N–H and O–H groups in total. The number of hydrogen-bond donors (Lipinski definition) is 1. The standard InChI is InChI=1S/C30H30BrCl3N2O3/c31-21-14-15-28(26(34)17-21)39-19-29(37)36(18-23-24(32)12-7-13-25(23)33)27(16-20-8-3-1-4-9-20)30(38)35-22-10-5-2-6-11-22/h1,3-4,7-9,12-15,17,22,27H,2,5-6,10-11,16,18-19H2,(H,35,38)/t27-/m0/s1. The normalized spacial score (nSPS) is 14.5. The van der Waals surface area contributed by atoms with Gasteiger partial charge in [0.1, 0.15) is 11.8 Å². The summed E-state index contributed by atoms with van der Waals surface area (Å²) in [6.45, 7) is -0.268. The average molecular weight is 653 g/mol. The molecule has 0 radical (unpaired) electrons. The van der Waals surface area contributed by atoms with Gasteiger partial charge < -0.3 is 15.0 Å². The zero-order valence-corrected chi connectivity index (χ0v) is 25.2. The van der Waals surface area contributed by atoms with Crippen LogP contribution in [-0.4, -0.2) is 35.4 Å². The molecule has 3 aromatic rings. The van der Waals surface area contributed by atoms with Gasteiger partial charge in [0.25, 0.3) is 5.91 Å². The third-order valence-corrected chi connectivity index (χ3v) is 8.35. The molecule has 1 fully saturated rings. The van der Waals surface area contributed by atoms with Crippen LogP contribution >= 0.6 is 50.7 Å². The molecular formula is C30H30BrCl3N2O3. The molecular weight excluding hydrogens is 623 g/mol. The van der Waals surface area contributed by atoms with Crippen LogP contribution in [0.4, 0.5) is 0 Å². The summed E-state index contributed by atoms with van der Waals surface area (Å²) in [5.41, 5.74) is 1.50. The summed E-state index contributed by atoms with van der Waals surface area (Å²) >= 11 is 22.7. The van der Waals surface area contributed by atoms with E-state index in [-0.39, 0.29) is 31.0 Å². The van der Waals surface area contributed by atoms with Gasteiger partial charge in [0.2, 0.25) is 5.91 Å². The highest BCUT2D eigenvalue weighted by Crippen LogP contribution is 2.30. The van der Waals surface area contributed by atoms with Crippen molar-refractivity contribution < 1.29 is 14.3 Å². The second-order valence-corrected chi connectivity index (χ2v) is 11.8. The fourth-order valence-electron chi connectivity index (χ4n) is 4.77. The molecule has 0 saturated heterocycles. The van der Waals surface area contributed by atoms with Crippen LogP contribution in [0.15, 0.2) is 71.2 Å². The molecule has 4 rings (SSSR count). The molecule has 1 aliphatic carbocycles. The van der Waals surface area contributed by atoms with Crippen LogP contribution in [0.5, 0.6) is 5.75 Å². The first kappa shape index (κ1) is 29.7. The Kier molecular flexibility index (Phi) is 11.0. The summed E-state index contributed by atoms with van der Waals surface area (Å²) in [6.07, 6.45) is 5.51. The fourth-order valence-corrected chi connectivity index (χ4v) is 6.01. The van der Waals surface area contributed by atoms with E-state index in [1.165, 1.54) is 11.3 Å². The number of ether oxygens (including phenoxy) is 1. The molecule has 0 aliphatic heterocycles. The third-order valence-electron chi connectivity index (χ3n) is 6.86. The number of carbonyl (C=O) groups is 2. The van der Waals surface area contributed by atoms with E-state index in [0.717, 1.165) is 35.7 Å². The van der Waals surface area contributed by atoms with E-state index in [4.69, 9.17) is 39.5 Å². The minimum atomic E-state index is -0.807. The minimum absolute atomic E-state index is 0.0460. The monoisotopic (exact) mass is 650 g/mol. The van der Waals surface area contributed by atoms with Gasteiger partial charge in [-0.1, -0.05) is 106 Å². The molecule has 1 saturated carbocycles. The molecule has 1 aliphatic rings. The predicted octanol–water partition coefficient (Wildman–Crippen LogP) is 7.88. The van der Waals surface area contributed by atoms with E-state index in [0.29, 0.717) is 32.8 Å². The smallest absolute Gasteiger partial charge is 0.261 e. The van der Waals surface area contributed by atoms with Crippen molar-refractivity contribution in [3.05, 3.63) is 97.4 Å². The van der Waals surface area contributed by atoms with Crippen molar-refractivity contribution in [3.8, 4) is 5.75 Å². The van der Waals surface area contributed by atoms with Gasteiger partial charge in [0, 0.05) is 39.1 Å². The Balaban J connectivity index is 1.65. The number of nitrogens with zero attached hydrogens (tertiary/aromatic N) is 1. The van der Waals surface area contributed by atoms with Gasteiger partial charge in [-0.15, -0.1) is 0 Å². The Morgan fingerprint density at radius 3 is 2.28 bits per heavy atom. The Morgan fingerprint density at radius 1 is 0.923 bits per heavy atom. The summed E-state index contributed by atoms with van der Waals surface area (Å²) in [5.74, 6) is -0.219. The van der Waals surface area contributed by atoms with Crippen molar-refractivity contribution in [1.82, 2.24) is 10.2 Å². The lowest BCUT2D eigenvalue weighted by Crippen LogP contribution is -2.53. The Morgan fingerprint density at radius 2 is 1.62 bits per heavy atom. The molecule has 0 spiro atoms. The zero-order chi connectivity index (χ0) is 27.8. The fraction of sp³-hybridized carbons (Fsp3) is 0.333. The quantitative estimate of drug-likeness (QED) is 0.243. The topological polar surface area (TPSA) is 58.6 Å². The Labute approximate surface area is 252 Å². The van der Waals surface area contributed by atoms with Crippen molar-refractivity contribution in [1.29, 1.82) is 0 Å². The van der Waals surface area contributed by atoms with Crippen LogP contribution in [0, 0.1) is 0 Å². The molecule has 0 bridgehead atoms. The number of amides is 2. The minimum Gasteiger partial charge on any atom is -0.482 e. The molecule has 2 amide bonds. The molecule has 39 heavy (non-hydrogen) atoms. The second kappa shape index (κ2) is 14.4. The Bertz CT molecular complexity index is 1270. The van der Waals surface area contributed by atoms with Gasteiger partial charge in [-0.3, -0.25) is 9.59 Å². The van der Waals surface area contributed by atoms with Crippen molar-refractivity contribution in [2.24, 2.45) is 0 Å². The van der Waals surface area contributed by atoms with Gasteiger partial charge in [-0.25, -0.2) is 0 Å². The Hall–Kier alpha value is -2.25. The molecule has 206 valence electrons. The summed E-state index contributed by atoms with van der Waals surface area (Å²) in [7, 11) is 0. The van der Waals surface area contributed by atoms with Gasteiger partial charge in [-0.05, 0) is 48.7 Å². The van der Waals surface area contributed by atoms with Crippen molar-refractivity contribution in [3.63, 3.8) is 0 Å². The lowest BCUT2D eigenvalue weighted by atomic mass is 9.94. The highest BCUT2D eigenvalue weighted by molar-refractivity contribution is 9.10. The predicted molar refractivity (Wildman–Crippen MR) is 161 cm³/mol. The SMILES string of the molecule is O=C(NC1CCCCC1)[C@H](Cc1ccccc1)N(Cc1c(Cl)cccc1Cl)C(=O)COc1ccc(Br)cc1Cl. The van der Waals surface area contributed by atoms with E-state index in [1.54, 1.807) is 36.4 Å². The average Bonchev–Trinajstić information content (AvgIpc) is 2.92. The largest absolute Gasteiger partial charge is 0.482 e. The van der Waals surface area contributed by atoms with E-state index >= 15 is 0 Å². The van der Waals surface area contributed by atoms with E-state index < -0.39 is 6.04 Å². The van der Waals surface area contributed by atoms with Gasteiger partial charge in [0.15, 0.2) is 6.61 Å². The first-order chi connectivity index (χ1) is 18.8. The van der Waals surface area contributed by atoms with Gasteiger partial charge >= 0.3 is 0 Å². The van der Waals surface area contributed by atoms with E-state index in [1.807, 2.05) is 30.3 Å². The second-order valence-electron chi connectivity index (χ2n) is 9.63. The maximum Gasteiger partial charge on any atom is 0.261 e. The van der Waals surface area contributed by atoms with Crippen LogP contribution in [-0.2, 0) is 22.6 Å². The molecule has 0 heterocycles. The summed E-state index contributed by atoms with van der Waals surface area (Å²) in [4.78, 5) is 29.2. The van der Waals surface area contributed by atoms with Crippen LogP contribution in [0.1, 0.15) is 43.2 Å². The molecule has 0 unspecified atom stereocenters. The first-order valence-electron chi connectivity index (χ1n) is 13.0. The number of nitrogens with one attached hydrogen (secondary N) is 1. The highest BCUT2D eigenvalue weighted by Gasteiger charge is 2.33. The number of hydrogen-bond acceptors (Lipinski definition) is 3. The maximum atomic E-state index is 13.8. The molecule has 9 heteroatoms. The third kappa shape index (κ3) is 8.37. The van der Waals surface area contributed by atoms with E-state index in [9.17, 15) is 9.59 Å². The van der Waals surface area contributed by atoms with Crippen molar-refractivity contribution in [2.75, 3.05) is 6.61 Å². The van der Waals surface area contributed by atoms with E-state index in [2.05, 4.69) is 21.2 Å². The molecule has 0 aromatic heterocycles. The van der Waals surface area contributed by atoms with Crippen molar-refractivity contribution >= 4 is 62.5 Å². The molecule has 1 atom stereocenters. The molecule has 3 aromatic carbocycles. The number of rotatable bonds is 10. The summed E-state index contributed by atoms with van der Waals surface area (Å²) < 4.78 is 6.62. The van der Waals surface area contributed by atoms with Crippen LogP contribution < -0.4 is 10.1 Å². The lowest BCUT2D eigenvalue weighted by Gasteiger charge is -2.33. The highest BCUT2D eigenvalue weighted by atomic mass is 79.9. The van der Waals surface area contributed by atoms with Crippen molar-refractivity contribution in [2.45, 2.75) is 57.2 Å². The van der Waals surface area contributed by atoms with Crippen LogP contribution in [0.3, 0.4) is 0 Å². The van der Waals surface area contributed by atoms with Gasteiger partial charge in [0.05, 0.1) is 5.02 Å². The first-order valence-corrected chi connectivity index (χ1v) is 14.9. The van der Waals surface area contributed by atoms with Crippen LogP contribution in [0.2, 0.25) is 15.1 Å². The number of halogens is 4. The lowest BCUT2D eigenvalue weighted by molar-refractivity contribution is -0.143. The number of benzene rings is 3. The zero-order valence-electron chi connectivity index (χ0n) is 21.3. The summed E-state index contributed by atoms with van der Waals surface area (Å²) in [5, 5.41) is 4.42. The molecule has 5 nitrogen and oxygen atoms in total. The van der Waals surface area contributed by atoms with Gasteiger partial charge in [-0.2, -0.15) is 0 Å².